The molecule has 0 radical (unpaired) electrons. The van der Waals surface area contributed by atoms with E-state index < -0.39 is 0 Å². The zero-order valence-corrected chi connectivity index (χ0v) is 9.67. The van der Waals surface area contributed by atoms with Crippen LogP contribution in [0.4, 0.5) is 0 Å². The Morgan fingerprint density at radius 3 is 2.87 bits per heavy atom. The minimum atomic E-state index is -0.0745. The van der Waals surface area contributed by atoms with Gasteiger partial charge in [-0.1, -0.05) is 11.6 Å². The molecule has 1 atom stereocenters. The average Bonchev–Trinajstić information content (AvgIpc) is 2.71. The molecule has 3 nitrogen and oxygen atoms in total. The molecule has 0 spiro atoms. The molecule has 2 heterocycles. The third-order valence-electron chi connectivity index (χ3n) is 2.82. The highest BCUT2D eigenvalue weighted by molar-refractivity contribution is 6.31. The second-order valence-corrected chi connectivity index (χ2v) is 4.53. The highest BCUT2D eigenvalue weighted by Crippen LogP contribution is 2.33. The largest absolute Gasteiger partial charge is 0.456 e. The number of likely N-dealkylation sites (N-methyl/N-ethyl adjacent to an activating group) is 1. The first-order chi connectivity index (χ1) is 7.08. The van der Waals surface area contributed by atoms with Crippen molar-refractivity contribution < 1.29 is 9.21 Å². The molecule has 1 saturated heterocycles. The number of nitrogens with zero attached hydrogens (tertiary/aromatic N) is 1. The molecular formula is C11H14ClNO2. The van der Waals surface area contributed by atoms with Crippen LogP contribution in [0.25, 0.3) is 0 Å². The number of rotatable bonds is 2. The lowest BCUT2D eigenvalue weighted by atomic mass is 10.1. The predicted molar refractivity (Wildman–Crippen MR) is 58.6 cm³/mol. The molecule has 0 N–H and O–H groups in total. The number of Topliss-reactive ketones (excluding diaryl/α,β-unsaturated/α-hetero) is 1. The lowest BCUT2D eigenvalue weighted by molar-refractivity contribution is 0.0985. The van der Waals surface area contributed by atoms with Crippen molar-refractivity contribution in [3.63, 3.8) is 0 Å². The smallest absolute Gasteiger partial charge is 0.194 e. The van der Waals surface area contributed by atoms with Gasteiger partial charge in [-0.3, -0.25) is 4.79 Å². The second-order valence-electron chi connectivity index (χ2n) is 4.13. The van der Waals surface area contributed by atoms with Gasteiger partial charge < -0.3 is 9.32 Å². The summed E-state index contributed by atoms with van der Waals surface area (Å²) < 4.78 is 5.50. The Balaban J connectivity index is 2.24. The molecule has 1 fully saturated rings. The fourth-order valence-corrected chi connectivity index (χ4v) is 2.28. The van der Waals surface area contributed by atoms with Gasteiger partial charge in [0.2, 0.25) is 0 Å². The van der Waals surface area contributed by atoms with Crippen LogP contribution < -0.4 is 0 Å². The lowest BCUT2D eigenvalue weighted by Gasteiger charge is -2.07. The summed E-state index contributed by atoms with van der Waals surface area (Å²) in [6.07, 6.45) is 1.04. The van der Waals surface area contributed by atoms with Crippen molar-refractivity contribution in [2.75, 3.05) is 20.1 Å². The van der Waals surface area contributed by atoms with Crippen molar-refractivity contribution in [1.82, 2.24) is 4.90 Å². The van der Waals surface area contributed by atoms with Crippen LogP contribution in [0.3, 0.4) is 0 Å². The Labute approximate surface area is 94.0 Å². The number of carbonyl (C=O) groups is 1. The van der Waals surface area contributed by atoms with Crippen LogP contribution in [0.2, 0.25) is 5.02 Å². The van der Waals surface area contributed by atoms with E-state index in [4.69, 9.17) is 16.0 Å². The SMILES string of the molecule is CC(=O)c1cc(Cl)c(C2CCN(C)C2)o1. The summed E-state index contributed by atoms with van der Waals surface area (Å²) in [6.45, 7) is 3.49. The molecule has 4 heteroatoms. The fourth-order valence-electron chi connectivity index (χ4n) is 1.98. The summed E-state index contributed by atoms with van der Waals surface area (Å²) in [4.78, 5) is 13.4. The molecular weight excluding hydrogens is 214 g/mol. The molecule has 1 aromatic heterocycles. The summed E-state index contributed by atoms with van der Waals surface area (Å²) >= 11 is 6.05. The molecule has 1 aromatic rings. The molecule has 0 amide bonds. The Bertz CT molecular complexity index is 386. The maximum absolute atomic E-state index is 11.1. The van der Waals surface area contributed by atoms with E-state index in [0.717, 1.165) is 25.3 Å². The summed E-state index contributed by atoms with van der Waals surface area (Å²) in [7, 11) is 2.07. The highest BCUT2D eigenvalue weighted by Gasteiger charge is 2.27. The molecule has 2 rings (SSSR count). The first kappa shape index (κ1) is 10.7. The minimum absolute atomic E-state index is 0.0745. The van der Waals surface area contributed by atoms with Crippen molar-refractivity contribution >= 4 is 17.4 Å². The van der Waals surface area contributed by atoms with E-state index in [1.165, 1.54) is 6.92 Å². The maximum Gasteiger partial charge on any atom is 0.194 e. The van der Waals surface area contributed by atoms with Crippen LogP contribution in [-0.4, -0.2) is 30.8 Å². The van der Waals surface area contributed by atoms with Crippen molar-refractivity contribution in [2.24, 2.45) is 0 Å². The van der Waals surface area contributed by atoms with E-state index >= 15 is 0 Å². The monoisotopic (exact) mass is 227 g/mol. The molecule has 1 aliphatic heterocycles. The maximum atomic E-state index is 11.1. The van der Waals surface area contributed by atoms with Gasteiger partial charge in [-0.05, 0) is 20.0 Å². The quantitative estimate of drug-likeness (QED) is 0.729. The van der Waals surface area contributed by atoms with Crippen LogP contribution in [0.5, 0.6) is 0 Å². The molecule has 0 aromatic carbocycles. The molecule has 82 valence electrons. The van der Waals surface area contributed by atoms with Gasteiger partial charge in [-0.15, -0.1) is 0 Å². The third-order valence-corrected chi connectivity index (χ3v) is 3.12. The minimum Gasteiger partial charge on any atom is -0.456 e. The topological polar surface area (TPSA) is 33.5 Å². The van der Waals surface area contributed by atoms with Crippen molar-refractivity contribution in [2.45, 2.75) is 19.3 Å². The number of hydrogen-bond acceptors (Lipinski definition) is 3. The number of furan rings is 1. The average molecular weight is 228 g/mol. The van der Waals surface area contributed by atoms with Crippen molar-refractivity contribution in [3.05, 3.63) is 22.6 Å². The van der Waals surface area contributed by atoms with Gasteiger partial charge in [0.15, 0.2) is 11.5 Å². The number of hydrogen-bond donors (Lipinski definition) is 0. The van der Waals surface area contributed by atoms with Crippen LogP contribution >= 0.6 is 11.6 Å². The van der Waals surface area contributed by atoms with Crippen LogP contribution in [0.15, 0.2) is 10.5 Å². The molecule has 1 aliphatic rings. The Morgan fingerprint density at radius 1 is 1.67 bits per heavy atom. The van der Waals surface area contributed by atoms with E-state index in [-0.39, 0.29) is 5.78 Å². The van der Waals surface area contributed by atoms with Crippen LogP contribution in [0.1, 0.15) is 35.6 Å². The summed E-state index contributed by atoms with van der Waals surface area (Å²) in [5.74, 6) is 1.39. The molecule has 15 heavy (non-hydrogen) atoms. The van der Waals surface area contributed by atoms with Gasteiger partial charge in [0.05, 0.1) is 5.02 Å². The Hall–Kier alpha value is -0.800. The molecule has 1 unspecified atom stereocenters. The van der Waals surface area contributed by atoms with Crippen molar-refractivity contribution in [3.8, 4) is 0 Å². The third kappa shape index (κ3) is 2.08. The van der Waals surface area contributed by atoms with Gasteiger partial charge in [0, 0.05) is 25.5 Å². The van der Waals surface area contributed by atoms with Gasteiger partial charge in [-0.2, -0.15) is 0 Å². The summed E-state index contributed by atoms with van der Waals surface area (Å²) in [5.41, 5.74) is 0. The van der Waals surface area contributed by atoms with Gasteiger partial charge in [0.25, 0.3) is 0 Å². The lowest BCUT2D eigenvalue weighted by Crippen LogP contribution is -2.13. The van der Waals surface area contributed by atoms with Crippen LogP contribution in [-0.2, 0) is 0 Å². The summed E-state index contributed by atoms with van der Waals surface area (Å²) in [6, 6.07) is 1.62. The van der Waals surface area contributed by atoms with E-state index in [1.807, 2.05) is 0 Å². The normalized spacial score (nSPS) is 22.2. The number of ketones is 1. The standard InChI is InChI=1S/C11H14ClNO2/c1-7(14)10-5-9(12)11(15-10)8-3-4-13(2)6-8/h5,8H,3-4,6H2,1-2H3. The van der Waals surface area contributed by atoms with E-state index in [1.54, 1.807) is 6.07 Å². The van der Waals surface area contributed by atoms with E-state index in [2.05, 4.69) is 11.9 Å². The molecule has 0 bridgehead atoms. The zero-order valence-electron chi connectivity index (χ0n) is 8.92. The highest BCUT2D eigenvalue weighted by atomic mass is 35.5. The second kappa shape index (κ2) is 3.99. The van der Waals surface area contributed by atoms with Gasteiger partial charge in [-0.25, -0.2) is 0 Å². The van der Waals surface area contributed by atoms with Crippen molar-refractivity contribution in [1.29, 1.82) is 0 Å². The van der Waals surface area contributed by atoms with Crippen LogP contribution in [0, 0.1) is 0 Å². The first-order valence-corrected chi connectivity index (χ1v) is 5.44. The molecule has 0 aliphatic carbocycles. The summed E-state index contributed by atoms with van der Waals surface area (Å²) in [5, 5.41) is 0.584. The number of likely N-dealkylation sites (tertiary alicyclic amines) is 1. The van der Waals surface area contributed by atoms with E-state index in [0.29, 0.717) is 16.7 Å². The fraction of sp³-hybridized carbons (Fsp3) is 0.545. The Morgan fingerprint density at radius 2 is 2.40 bits per heavy atom. The van der Waals surface area contributed by atoms with Gasteiger partial charge >= 0.3 is 0 Å². The van der Waals surface area contributed by atoms with E-state index in [9.17, 15) is 4.79 Å². The number of carbonyl (C=O) groups excluding carboxylic acids is 1. The predicted octanol–water partition coefficient (Wildman–Crippen LogP) is 2.55. The Kier molecular flexibility index (Phi) is 2.85. The first-order valence-electron chi connectivity index (χ1n) is 5.06. The zero-order chi connectivity index (χ0) is 11.0. The van der Waals surface area contributed by atoms with Gasteiger partial charge in [0.1, 0.15) is 5.76 Å². The number of halogens is 1. The molecule has 0 saturated carbocycles.